The van der Waals surface area contributed by atoms with Crippen LogP contribution >= 0.6 is 0 Å². The molecule has 0 saturated carbocycles. The van der Waals surface area contributed by atoms with E-state index in [0.29, 0.717) is 5.82 Å². The Kier molecular flexibility index (Phi) is 3.23. The molecule has 0 amide bonds. The van der Waals surface area contributed by atoms with Gasteiger partial charge in [0.15, 0.2) is 17.3 Å². The zero-order valence-electron chi connectivity index (χ0n) is 11.8. The quantitative estimate of drug-likeness (QED) is 0.643. The van der Waals surface area contributed by atoms with E-state index in [0.717, 1.165) is 37.4 Å². The van der Waals surface area contributed by atoms with Crippen molar-refractivity contribution in [3.63, 3.8) is 0 Å². The van der Waals surface area contributed by atoms with E-state index in [9.17, 15) is 0 Å². The number of ether oxygens (including phenoxy) is 1. The third kappa shape index (κ3) is 2.19. The van der Waals surface area contributed by atoms with Crippen molar-refractivity contribution in [1.82, 2.24) is 14.4 Å². The minimum Gasteiger partial charge on any atom is -0.377 e. The minimum absolute atomic E-state index is 0.143. The van der Waals surface area contributed by atoms with Crippen LogP contribution in [-0.4, -0.2) is 40.2 Å². The van der Waals surface area contributed by atoms with Crippen LogP contribution in [-0.2, 0) is 4.74 Å². The van der Waals surface area contributed by atoms with Crippen LogP contribution in [0.25, 0.3) is 5.65 Å². The number of fused-ring (bicyclic) bond motifs is 1. The Balaban J connectivity index is 2.02. The van der Waals surface area contributed by atoms with E-state index in [1.54, 1.807) is 13.3 Å². The second-order valence-corrected chi connectivity index (χ2v) is 5.43. The van der Waals surface area contributed by atoms with Crippen LogP contribution in [0, 0.1) is 0 Å². The van der Waals surface area contributed by atoms with Crippen molar-refractivity contribution in [2.75, 3.05) is 30.5 Å². The number of piperidine rings is 1. The lowest BCUT2D eigenvalue weighted by Crippen LogP contribution is -2.48. The number of hydrazine groups is 1. The lowest BCUT2D eigenvalue weighted by molar-refractivity contribution is -0.00476. The summed E-state index contributed by atoms with van der Waals surface area (Å²) in [6.45, 7) is 3.88. The van der Waals surface area contributed by atoms with E-state index in [2.05, 4.69) is 27.2 Å². The molecule has 1 saturated heterocycles. The van der Waals surface area contributed by atoms with Gasteiger partial charge >= 0.3 is 0 Å². The molecule has 0 bridgehead atoms. The zero-order valence-corrected chi connectivity index (χ0v) is 11.8. The number of imidazole rings is 1. The third-order valence-electron chi connectivity index (χ3n) is 3.96. The van der Waals surface area contributed by atoms with Gasteiger partial charge in [-0.25, -0.2) is 15.8 Å². The number of methoxy groups -OCH3 is 1. The van der Waals surface area contributed by atoms with Gasteiger partial charge in [0.1, 0.15) is 0 Å². The maximum atomic E-state index is 5.64. The Morgan fingerprint density at radius 1 is 1.50 bits per heavy atom. The Morgan fingerprint density at radius 2 is 2.35 bits per heavy atom. The van der Waals surface area contributed by atoms with Crippen LogP contribution in [0.1, 0.15) is 19.8 Å². The van der Waals surface area contributed by atoms with Crippen molar-refractivity contribution in [3.8, 4) is 0 Å². The number of hydrogen-bond donors (Lipinski definition) is 2. The summed E-state index contributed by atoms with van der Waals surface area (Å²) >= 11 is 0. The number of anilines is 2. The van der Waals surface area contributed by atoms with Gasteiger partial charge in [0.2, 0.25) is 0 Å². The summed E-state index contributed by atoms with van der Waals surface area (Å²) in [5.74, 6) is 6.96. The van der Waals surface area contributed by atoms with E-state index >= 15 is 0 Å². The average molecular weight is 276 g/mol. The SMILES string of the molecule is COC1(C)CCCN(c2nc(NN)cn3ccnc23)C1. The molecule has 3 rings (SSSR count). The highest BCUT2D eigenvalue weighted by Gasteiger charge is 2.32. The van der Waals surface area contributed by atoms with Gasteiger partial charge in [0, 0.05) is 32.6 Å². The van der Waals surface area contributed by atoms with Crippen molar-refractivity contribution in [3.05, 3.63) is 18.6 Å². The van der Waals surface area contributed by atoms with E-state index in [4.69, 9.17) is 10.6 Å². The van der Waals surface area contributed by atoms with Crippen molar-refractivity contribution in [2.45, 2.75) is 25.4 Å². The topological polar surface area (TPSA) is 80.7 Å². The van der Waals surface area contributed by atoms with Crippen molar-refractivity contribution in [1.29, 1.82) is 0 Å². The number of aromatic nitrogens is 3. The summed E-state index contributed by atoms with van der Waals surface area (Å²) in [6.07, 6.45) is 7.60. The summed E-state index contributed by atoms with van der Waals surface area (Å²) in [7, 11) is 1.76. The maximum absolute atomic E-state index is 5.64. The van der Waals surface area contributed by atoms with Crippen LogP contribution < -0.4 is 16.2 Å². The molecule has 1 unspecified atom stereocenters. The number of nitrogens with one attached hydrogen (secondary N) is 1. The van der Waals surface area contributed by atoms with Crippen LogP contribution in [0.3, 0.4) is 0 Å². The molecule has 108 valence electrons. The molecule has 7 nitrogen and oxygen atoms in total. The molecule has 0 spiro atoms. The summed E-state index contributed by atoms with van der Waals surface area (Å²) < 4.78 is 7.57. The minimum atomic E-state index is -0.143. The number of rotatable bonds is 3. The third-order valence-corrected chi connectivity index (χ3v) is 3.96. The maximum Gasteiger partial charge on any atom is 0.180 e. The predicted molar refractivity (Wildman–Crippen MR) is 77.7 cm³/mol. The fourth-order valence-corrected chi connectivity index (χ4v) is 2.75. The molecule has 0 radical (unpaired) electrons. The normalized spacial score (nSPS) is 23.2. The van der Waals surface area contributed by atoms with Crippen LogP contribution in [0.5, 0.6) is 0 Å². The predicted octanol–water partition coefficient (Wildman–Crippen LogP) is 1.02. The lowest BCUT2D eigenvalue weighted by atomic mass is 9.95. The molecule has 2 aromatic heterocycles. The summed E-state index contributed by atoms with van der Waals surface area (Å²) in [6, 6.07) is 0. The molecule has 3 heterocycles. The van der Waals surface area contributed by atoms with Crippen molar-refractivity contribution < 1.29 is 4.74 Å². The lowest BCUT2D eigenvalue weighted by Gasteiger charge is -2.40. The van der Waals surface area contributed by atoms with Gasteiger partial charge in [0.05, 0.1) is 11.8 Å². The Bertz CT molecular complexity index is 612. The second-order valence-electron chi connectivity index (χ2n) is 5.43. The molecular weight excluding hydrogens is 256 g/mol. The van der Waals surface area contributed by atoms with E-state index in [1.807, 2.05) is 16.8 Å². The summed E-state index contributed by atoms with van der Waals surface area (Å²) in [4.78, 5) is 11.2. The molecular formula is C13H20N6O. The largest absolute Gasteiger partial charge is 0.377 e. The first-order valence-electron chi connectivity index (χ1n) is 6.76. The van der Waals surface area contributed by atoms with Gasteiger partial charge in [-0.1, -0.05) is 0 Å². The van der Waals surface area contributed by atoms with E-state index in [1.165, 1.54) is 0 Å². The van der Waals surface area contributed by atoms with Gasteiger partial charge in [-0.05, 0) is 19.8 Å². The molecule has 1 atom stereocenters. The van der Waals surface area contributed by atoms with Gasteiger partial charge in [0.25, 0.3) is 0 Å². The molecule has 1 fully saturated rings. The second kappa shape index (κ2) is 4.92. The molecule has 1 aliphatic heterocycles. The standard InChI is InChI=1S/C13H20N6O/c1-13(20-2)4-3-6-19(9-13)12-11-15-5-7-18(11)8-10(16-12)17-14/h5,7-8,17H,3-4,6,9,14H2,1-2H3. The smallest absolute Gasteiger partial charge is 0.180 e. The Hall–Kier alpha value is -1.86. The van der Waals surface area contributed by atoms with Gasteiger partial charge in [-0.15, -0.1) is 0 Å². The number of nitrogens with zero attached hydrogens (tertiary/aromatic N) is 4. The van der Waals surface area contributed by atoms with E-state index in [-0.39, 0.29) is 5.60 Å². The highest BCUT2D eigenvalue weighted by atomic mass is 16.5. The molecule has 0 aliphatic carbocycles. The fraction of sp³-hybridized carbons (Fsp3) is 0.538. The highest BCUT2D eigenvalue weighted by molar-refractivity contribution is 5.67. The summed E-state index contributed by atoms with van der Waals surface area (Å²) in [5, 5.41) is 0. The van der Waals surface area contributed by atoms with Crippen molar-refractivity contribution >= 4 is 17.3 Å². The fourth-order valence-electron chi connectivity index (χ4n) is 2.75. The summed E-state index contributed by atoms with van der Waals surface area (Å²) in [5.41, 5.74) is 3.30. The molecule has 20 heavy (non-hydrogen) atoms. The Labute approximate surface area is 117 Å². The average Bonchev–Trinajstić information content (AvgIpc) is 2.94. The monoisotopic (exact) mass is 276 g/mol. The van der Waals surface area contributed by atoms with Crippen molar-refractivity contribution in [2.24, 2.45) is 5.84 Å². The first kappa shape index (κ1) is 13.1. The van der Waals surface area contributed by atoms with Crippen LogP contribution in [0.2, 0.25) is 0 Å². The number of nitrogen functional groups attached to an aromatic ring is 1. The molecule has 7 heteroatoms. The van der Waals surface area contributed by atoms with Gasteiger partial charge in [-0.3, -0.25) is 0 Å². The van der Waals surface area contributed by atoms with Gasteiger partial charge < -0.3 is 19.5 Å². The number of hydrogen-bond acceptors (Lipinski definition) is 6. The van der Waals surface area contributed by atoms with E-state index < -0.39 is 0 Å². The molecule has 0 aromatic carbocycles. The molecule has 3 N–H and O–H groups in total. The first-order chi connectivity index (χ1) is 9.65. The first-order valence-corrected chi connectivity index (χ1v) is 6.76. The molecule has 2 aromatic rings. The number of nitrogens with two attached hydrogens (primary N) is 1. The van der Waals surface area contributed by atoms with Crippen LogP contribution in [0.4, 0.5) is 11.6 Å². The Morgan fingerprint density at radius 3 is 3.10 bits per heavy atom. The zero-order chi connectivity index (χ0) is 14.2. The van der Waals surface area contributed by atoms with Gasteiger partial charge in [-0.2, -0.15) is 0 Å². The highest BCUT2D eigenvalue weighted by Crippen LogP contribution is 2.29. The molecule has 1 aliphatic rings. The van der Waals surface area contributed by atoms with Crippen LogP contribution in [0.15, 0.2) is 18.6 Å².